The number of imidazole rings is 1. The topological polar surface area (TPSA) is 28.7 Å². The van der Waals surface area contributed by atoms with Crippen LogP contribution in [0.3, 0.4) is 0 Å². The Kier molecular flexibility index (Phi) is 1.39. The molecular weight excluding hydrogens is 136 g/mol. The summed E-state index contributed by atoms with van der Waals surface area (Å²) in [4.78, 5) is 6.98. The van der Waals surface area contributed by atoms with Crippen molar-refractivity contribution in [1.82, 2.24) is 9.97 Å². The maximum atomic E-state index is 4.05. The Bertz CT molecular complexity index is 362. The molecular formula is C9H9N2. The van der Waals surface area contributed by atoms with Gasteiger partial charge in [0.15, 0.2) is 6.33 Å². The highest BCUT2D eigenvalue weighted by atomic mass is 14.9. The second-order valence-electron chi connectivity index (χ2n) is 2.55. The average molecular weight is 145 g/mol. The molecule has 0 atom stereocenters. The van der Waals surface area contributed by atoms with Gasteiger partial charge in [-0.2, -0.15) is 0 Å². The predicted molar refractivity (Wildman–Crippen MR) is 44.3 cm³/mol. The van der Waals surface area contributed by atoms with E-state index in [-0.39, 0.29) is 0 Å². The number of aromatic nitrogens is 2. The fraction of sp³-hybridized carbons (Fsp3) is 0.222. The lowest BCUT2D eigenvalue weighted by Crippen LogP contribution is -1.78. The molecule has 2 heteroatoms. The van der Waals surface area contributed by atoms with Crippen LogP contribution in [0.15, 0.2) is 18.2 Å². The van der Waals surface area contributed by atoms with E-state index in [1.165, 1.54) is 5.56 Å². The Labute approximate surface area is 65.3 Å². The van der Waals surface area contributed by atoms with Gasteiger partial charge in [0.2, 0.25) is 0 Å². The van der Waals surface area contributed by atoms with E-state index in [0.717, 1.165) is 17.5 Å². The predicted octanol–water partition coefficient (Wildman–Crippen LogP) is 1.93. The number of fused-ring (bicyclic) bond motifs is 1. The van der Waals surface area contributed by atoms with Crippen molar-refractivity contribution in [2.45, 2.75) is 13.3 Å². The molecule has 55 valence electrons. The van der Waals surface area contributed by atoms with E-state index >= 15 is 0 Å². The lowest BCUT2D eigenvalue weighted by Gasteiger charge is -1.93. The molecule has 11 heavy (non-hydrogen) atoms. The summed E-state index contributed by atoms with van der Waals surface area (Å²) in [6.07, 6.45) is 3.77. The third kappa shape index (κ3) is 1.00. The fourth-order valence-electron chi connectivity index (χ4n) is 1.14. The quantitative estimate of drug-likeness (QED) is 0.652. The molecule has 0 fully saturated rings. The molecule has 1 aromatic heterocycles. The van der Waals surface area contributed by atoms with Crippen LogP contribution in [-0.2, 0) is 6.42 Å². The van der Waals surface area contributed by atoms with Gasteiger partial charge in [-0.15, -0.1) is 0 Å². The molecule has 1 heterocycles. The van der Waals surface area contributed by atoms with Gasteiger partial charge < -0.3 is 4.98 Å². The normalized spacial score (nSPS) is 10.6. The van der Waals surface area contributed by atoms with Gasteiger partial charge in [0.05, 0.1) is 11.0 Å². The number of nitrogens with zero attached hydrogens (tertiary/aromatic N) is 1. The third-order valence-electron chi connectivity index (χ3n) is 1.84. The summed E-state index contributed by atoms with van der Waals surface area (Å²) in [6.45, 7) is 2.14. The minimum atomic E-state index is 1.00. The summed E-state index contributed by atoms with van der Waals surface area (Å²) in [5, 5.41) is 0. The van der Waals surface area contributed by atoms with Crippen molar-refractivity contribution in [3.8, 4) is 0 Å². The zero-order chi connectivity index (χ0) is 7.68. The molecule has 2 nitrogen and oxygen atoms in total. The van der Waals surface area contributed by atoms with Gasteiger partial charge in [-0.1, -0.05) is 13.0 Å². The van der Waals surface area contributed by atoms with Gasteiger partial charge in [-0.25, -0.2) is 4.98 Å². The van der Waals surface area contributed by atoms with E-state index in [2.05, 4.69) is 35.4 Å². The number of rotatable bonds is 1. The highest BCUT2D eigenvalue weighted by Crippen LogP contribution is 2.11. The molecule has 0 amide bonds. The van der Waals surface area contributed by atoms with Crippen molar-refractivity contribution in [1.29, 1.82) is 0 Å². The van der Waals surface area contributed by atoms with Gasteiger partial charge in [0.1, 0.15) is 0 Å². The van der Waals surface area contributed by atoms with E-state index in [4.69, 9.17) is 0 Å². The minimum absolute atomic E-state index is 1.00. The smallest absolute Gasteiger partial charge is 0.174 e. The van der Waals surface area contributed by atoms with Crippen molar-refractivity contribution >= 4 is 11.0 Å². The first-order valence-electron chi connectivity index (χ1n) is 3.75. The molecule has 1 N–H and O–H groups in total. The van der Waals surface area contributed by atoms with Crippen molar-refractivity contribution in [3.05, 3.63) is 30.1 Å². The molecule has 0 aliphatic rings. The molecule has 0 bridgehead atoms. The van der Waals surface area contributed by atoms with E-state index < -0.39 is 0 Å². The van der Waals surface area contributed by atoms with Gasteiger partial charge in [0, 0.05) is 0 Å². The van der Waals surface area contributed by atoms with Crippen LogP contribution in [0.25, 0.3) is 11.0 Å². The standard InChI is InChI=1S/C9H9N2/c1-2-7-3-4-8-9(5-7)11-6-10-8/h3-5H,2H2,1H3,(H,10,11). The summed E-state index contributed by atoms with van der Waals surface area (Å²) >= 11 is 0. The Morgan fingerprint density at radius 3 is 3.27 bits per heavy atom. The van der Waals surface area contributed by atoms with Crippen molar-refractivity contribution in [3.63, 3.8) is 0 Å². The maximum Gasteiger partial charge on any atom is 0.174 e. The number of hydrogen-bond donors (Lipinski definition) is 1. The number of hydrogen-bond acceptors (Lipinski definition) is 1. The van der Waals surface area contributed by atoms with Crippen LogP contribution in [-0.4, -0.2) is 9.97 Å². The Balaban J connectivity index is 2.67. The van der Waals surface area contributed by atoms with E-state index in [0.29, 0.717) is 0 Å². The maximum absolute atomic E-state index is 4.05. The highest BCUT2D eigenvalue weighted by molar-refractivity contribution is 5.74. The first-order chi connectivity index (χ1) is 5.40. The van der Waals surface area contributed by atoms with E-state index in [1.807, 2.05) is 6.07 Å². The molecule has 1 radical (unpaired) electrons. The van der Waals surface area contributed by atoms with Gasteiger partial charge in [0.25, 0.3) is 0 Å². The Morgan fingerprint density at radius 2 is 2.45 bits per heavy atom. The zero-order valence-corrected chi connectivity index (χ0v) is 6.39. The van der Waals surface area contributed by atoms with Crippen LogP contribution in [0.1, 0.15) is 12.5 Å². The molecule has 0 unspecified atom stereocenters. The van der Waals surface area contributed by atoms with Crippen molar-refractivity contribution in [2.24, 2.45) is 0 Å². The monoisotopic (exact) mass is 145 g/mol. The van der Waals surface area contributed by atoms with Crippen LogP contribution in [0.2, 0.25) is 0 Å². The summed E-state index contributed by atoms with van der Waals surface area (Å²) in [5.74, 6) is 0. The van der Waals surface area contributed by atoms with Gasteiger partial charge in [-0.3, -0.25) is 0 Å². The number of aromatic amines is 1. The largest absolute Gasteiger partial charge is 0.335 e. The molecule has 0 aliphatic carbocycles. The number of H-pyrrole nitrogens is 1. The summed E-state index contributed by atoms with van der Waals surface area (Å²) in [5.41, 5.74) is 3.38. The lowest BCUT2D eigenvalue weighted by molar-refractivity contribution is 1.14. The van der Waals surface area contributed by atoms with Crippen molar-refractivity contribution in [2.75, 3.05) is 0 Å². The average Bonchev–Trinajstić information content (AvgIpc) is 2.50. The van der Waals surface area contributed by atoms with Crippen LogP contribution in [0.5, 0.6) is 0 Å². The molecule has 0 aliphatic heterocycles. The molecule has 0 saturated heterocycles. The number of benzene rings is 1. The van der Waals surface area contributed by atoms with Gasteiger partial charge >= 0.3 is 0 Å². The molecule has 2 rings (SSSR count). The zero-order valence-electron chi connectivity index (χ0n) is 6.39. The van der Waals surface area contributed by atoms with Gasteiger partial charge in [-0.05, 0) is 24.1 Å². The fourth-order valence-corrected chi connectivity index (χ4v) is 1.14. The van der Waals surface area contributed by atoms with Crippen LogP contribution in [0.4, 0.5) is 0 Å². The van der Waals surface area contributed by atoms with Crippen molar-refractivity contribution < 1.29 is 0 Å². The van der Waals surface area contributed by atoms with Crippen LogP contribution in [0, 0.1) is 6.33 Å². The molecule has 1 aromatic carbocycles. The second kappa shape index (κ2) is 2.38. The first-order valence-corrected chi connectivity index (χ1v) is 3.75. The Morgan fingerprint density at radius 1 is 1.55 bits per heavy atom. The van der Waals surface area contributed by atoms with Crippen LogP contribution >= 0.6 is 0 Å². The number of aryl methyl sites for hydroxylation is 1. The highest BCUT2D eigenvalue weighted by Gasteiger charge is 1.95. The minimum Gasteiger partial charge on any atom is -0.335 e. The molecule has 2 aromatic rings. The first kappa shape index (κ1) is 6.40. The summed E-state index contributed by atoms with van der Waals surface area (Å²) in [7, 11) is 0. The lowest BCUT2D eigenvalue weighted by atomic mass is 10.1. The second-order valence-corrected chi connectivity index (χ2v) is 2.55. The van der Waals surface area contributed by atoms with E-state index in [1.54, 1.807) is 0 Å². The molecule has 0 saturated carbocycles. The van der Waals surface area contributed by atoms with E-state index in [9.17, 15) is 0 Å². The Hall–Kier alpha value is -1.31. The third-order valence-corrected chi connectivity index (χ3v) is 1.84. The summed E-state index contributed by atoms with van der Waals surface area (Å²) in [6, 6.07) is 6.23. The molecule has 0 spiro atoms. The van der Waals surface area contributed by atoms with Crippen LogP contribution < -0.4 is 0 Å². The summed E-state index contributed by atoms with van der Waals surface area (Å²) < 4.78 is 0. The number of nitrogens with one attached hydrogen (secondary N) is 1. The SMILES string of the molecule is CCc1ccc2[nH][c]nc2c1.